The predicted molar refractivity (Wildman–Crippen MR) is 90.7 cm³/mol. The molecule has 0 amide bonds. The van der Waals surface area contributed by atoms with E-state index in [0.717, 1.165) is 42.4 Å². The van der Waals surface area contributed by atoms with Gasteiger partial charge in [0.1, 0.15) is 5.69 Å². The van der Waals surface area contributed by atoms with Crippen molar-refractivity contribution < 1.29 is 4.74 Å². The number of pyridine rings is 1. The summed E-state index contributed by atoms with van der Waals surface area (Å²) in [4.78, 5) is 4.55. The molecule has 0 N–H and O–H groups in total. The Morgan fingerprint density at radius 1 is 1.30 bits per heavy atom. The van der Waals surface area contributed by atoms with Crippen molar-refractivity contribution in [3.05, 3.63) is 29.6 Å². The summed E-state index contributed by atoms with van der Waals surface area (Å²) in [6.45, 7) is 8.41. The van der Waals surface area contributed by atoms with Crippen LogP contribution in [-0.4, -0.2) is 21.4 Å². The molecule has 0 aromatic carbocycles. The van der Waals surface area contributed by atoms with Crippen molar-refractivity contribution in [3.8, 4) is 17.1 Å². The first kappa shape index (κ1) is 14.7. The Kier molecular flexibility index (Phi) is 3.43. The quantitative estimate of drug-likeness (QED) is 0.853. The van der Waals surface area contributed by atoms with Crippen molar-refractivity contribution in [3.63, 3.8) is 0 Å². The predicted octanol–water partition coefficient (Wildman–Crippen LogP) is 4.19. The molecule has 1 saturated carbocycles. The van der Waals surface area contributed by atoms with Crippen molar-refractivity contribution in [1.82, 2.24) is 14.8 Å². The van der Waals surface area contributed by atoms with Crippen LogP contribution in [0.15, 0.2) is 18.3 Å². The summed E-state index contributed by atoms with van der Waals surface area (Å²) in [6, 6.07) is 4.25. The van der Waals surface area contributed by atoms with Crippen LogP contribution in [0.2, 0.25) is 0 Å². The van der Waals surface area contributed by atoms with E-state index in [1.165, 1.54) is 24.8 Å². The molecule has 4 heteroatoms. The minimum atomic E-state index is 0.342. The number of hydrogen-bond donors (Lipinski definition) is 0. The SMILES string of the molecule is CCc1ccc(-c2nn3c(c2C(C)C)OCC2(CCC2)C3)cn1. The third-order valence-electron chi connectivity index (χ3n) is 5.39. The number of aryl methyl sites for hydroxylation is 1. The van der Waals surface area contributed by atoms with E-state index in [0.29, 0.717) is 11.3 Å². The van der Waals surface area contributed by atoms with E-state index in [4.69, 9.17) is 9.84 Å². The maximum Gasteiger partial charge on any atom is 0.215 e. The summed E-state index contributed by atoms with van der Waals surface area (Å²) in [6.07, 6.45) is 6.78. The van der Waals surface area contributed by atoms with Gasteiger partial charge in [-0.2, -0.15) is 5.10 Å². The van der Waals surface area contributed by atoms with E-state index in [1.54, 1.807) is 0 Å². The molecule has 1 spiro atoms. The zero-order valence-electron chi connectivity index (χ0n) is 14.3. The van der Waals surface area contributed by atoms with Crippen LogP contribution in [0.3, 0.4) is 0 Å². The first-order valence-electron chi connectivity index (χ1n) is 8.81. The van der Waals surface area contributed by atoms with Crippen LogP contribution in [-0.2, 0) is 13.0 Å². The van der Waals surface area contributed by atoms with Crippen molar-refractivity contribution in [1.29, 1.82) is 0 Å². The smallest absolute Gasteiger partial charge is 0.215 e. The van der Waals surface area contributed by atoms with E-state index in [-0.39, 0.29) is 0 Å². The first-order valence-corrected chi connectivity index (χ1v) is 8.81. The highest BCUT2D eigenvalue weighted by atomic mass is 16.5. The van der Waals surface area contributed by atoms with Crippen LogP contribution in [0.5, 0.6) is 5.88 Å². The number of rotatable bonds is 3. The van der Waals surface area contributed by atoms with Gasteiger partial charge in [-0.1, -0.05) is 27.2 Å². The van der Waals surface area contributed by atoms with Gasteiger partial charge in [-0.15, -0.1) is 0 Å². The Morgan fingerprint density at radius 2 is 2.13 bits per heavy atom. The molecule has 0 saturated heterocycles. The topological polar surface area (TPSA) is 39.9 Å². The normalized spacial score (nSPS) is 18.6. The summed E-state index contributed by atoms with van der Waals surface area (Å²) in [5.74, 6) is 1.36. The molecule has 122 valence electrons. The summed E-state index contributed by atoms with van der Waals surface area (Å²) in [5.41, 5.74) is 4.83. The van der Waals surface area contributed by atoms with Gasteiger partial charge in [0.05, 0.1) is 13.2 Å². The Balaban J connectivity index is 1.77. The number of fused-ring (bicyclic) bond motifs is 1. The molecule has 4 nitrogen and oxygen atoms in total. The monoisotopic (exact) mass is 311 g/mol. The number of hydrogen-bond acceptors (Lipinski definition) is 3. The lowest BCUT2D eigenvalue weighted by Gasteiger charge is -2.44. The van der Waals surface area contributed by atoms with Crippen LogP contribution in [0, 0.1) is 5.41 Å². The van der Waals surface area contributed by atoms with E-state index >= 15 is 0 Å². The highest BCUT2D eigenvalue weighted by Gasteiger charge is 2.43. The summed E-state index contributed by atoms with van der Waals surface area (Å²) in [5, 5.41) is 4.93. The molecular weight excluding hydrogens is 286 g/mol. The molecule has 0 radical (unpaired) electrons. The molecule has 23 heavy (non-hydrogen) atoms. The molecule has 0 unspecified atom stereocenters. The van der Waals surface area contributed by atoms with Crippen LogP contribution in [0.25, 0.3) is 11.3 Å². The molecule has 1 aliphatic heterocycles. The van der Waals surface area contributed by atoms with Gasteiger partial charge in [0, 0.05) is 28.4 Å². The van der Waals surface area contributed by atoms with E-state index in [9.17, 15) is 0 Å². The minimum absolute atomic E-state index is 0.342. The Morgan fingerprint density at radius 3 is 2.70 bits per heavy atom. The lowest BCUT2D eigenvalue weighted by Crippen LogP contribution is -2.43. The molecule has 4 rings (SSSR count). The van der Waals surface area contributed by atoms with Gasteiger partial charge in [0.25, 0.3) is 0 Å². The summed E-state index contributed by atoms with van der Waals surface area (Å²) < 4.78 is 8.31. The average molecular weight is 311 g/mol. The fourth-order valence-corrected chi connectivity index (χ4v) is 3.79. The molecule has 3 heterocycles. The maximum atomic E-state index is 6.20. The van der Waals surface area contributed by atoms with Gasteiger partial charge >= 0.3 is 0 Å². The van der Waals surface area contributed by atoms with Gasteiger partial charge in [-0.3, -0.25) is 4.98 Å². The highest BCUT2D eigenvalue weighted by molar-refractivity contribution is 5.65. The zero-order chi connectivity index (χ0) is 16.0. The number of ether oxygens (including phenoxy) is 1. The van der Waals surface area contributed by atoms with Crippen molar-refractivity contribution in [2.45, 2.75) is 58.9 Å². The molecule has 2 aromatic rings. The molecule has 1 aliphatic carbocycles. The third kappa shape index (κ3) is 2.35. The molecule has 2 aromatic heterocycles. The lowest BCUT2D eigenvalue weighted by molar-refractivity contribution is 0.00124. The maximum absolute atomic E-state index is 6.20. The Hall–Kier alpha value is -1.84. The van der Waals surface area contributed by atoms with Crippen LogP contribution >= 0.6 is 0 Å². The van der Waals surface area contributed by atoms with Gasteiger partial charge in [-0.25, -0.2) is 4.68 Å². The largest absolute Gasteiger partial charge is 0.477 e. The fraction of sp³-hybridized carbons (Fsp3) is 0.579. The van der Waals surface area contributed by atoms with Crippen LogP contribution in [0.1, 0.15) is 57.2 Å². The standard InChI is InChI=1S/C19H25N3O/c1-4-15-7-6-14(10-20-15)17-16(13(2)3)18-22(21-17)11-19(12-23-18)8-5-9-19/h6-7,10,13H,4-5,8-9,11-12H2,1-3H3. The molecule has 0 atom stereocenters. The molecule has 1 fully saturated rings. The second-order valence-corrected chi connectivity index (χ2v) is 7.41. The van der Waals surface area contributed by atoms with Crippen LogP contribution < -0.4 is 4.74 Å². The second-order valence-electron chi connectivity index (χ2n) is 7.41. The van der Waals surface area contributed by atoms with Gasteiger partial charge in [-0.05, 0) is 37.3 Å². The molecule has 2 aliphatic rings. The minimum Gasteiger partial charge on any atom is -0.477 e. The average Bonchev–Trinajstić information content (AvgIpc) is 2.91. The van der Waals surface area contributed by atoms with E-state index < -0.39 is 0 Å². The van der Waals surface area contributed by atoms with Crippen molar-refractivity contribution in [2.24, 2.45) is 5.41 Å². The summed E-state index contributed by atoms with van der Waals surface area (Å²) in [7, 11) is 0. The van der Waals surface area contributed by atoms with Crippen LogP contribution in [0.4, 0.5) is 0 Å². The second kappa shape index (κ2) is 5.36. The third-order valence-corrected chi connectivity index (χ3v) is 5.39. The lowest BCUT2D eigenvalue weighted by atomic mass is 9.69. The highest BCUT2D eigenvalue weighted by Crippen LogP contribution is 2.48. The fourth-order valence-electron chi connectivity index (χ4n) is 3.79. The zero-order valence-corrected chi connectivity index (χ0v) is 14.3. The first-order chi connectivity index (χ1) is 11.1. The number of nitrogens with zero attached hydrogens (tertiary/aromatic N) is 3. The van der Waals surface area contributed by atoms with Gasteiger partial charge in [0.15, 0.2) is 0 Å². The Bertz CT molecular complexity index is 711. The van der Waals surface area contributed by atoms with E-state index in [2.05, 4.69) is 42.6 Å². The molecular formula is C19H25N3O. The molecule has 0 bridgehead atoms. The van der Waals surface area contributed by atoms with Crippen molar-refractivity contribution >= 4 is 0 Å². The Labute approximate surface area is 137 Å². The van der Waals surface area contributed by atoms with E-state index in [1.807, 2.05) is 6.20 Å². The van der Waals surface area contributed by atoms with Gasteiger partial charge < -0.3 is 4.74 Å². The number of aromatic nitrogens is 3. The van der Waals surface area contributed by atoms with Crippen molar-refractivity contribution in [2.75, 3.05) is 6.61 Å². The van der Waals surface area contributed by atoms with Gasteiger partial charge in [0.2, 0.25) is 5.88 Å². The summed E-state index contributed by atoms with van der Waals surface area (Å²) >= 11 is 0.